The minimum absolute atomic E-state index is 0.410. The van der Waals surface area contributed by atoms with E-state index in [9.17, 15) is 9.59 Å². The summed E-state index contributed by atoms with van der Waals surface area (Å²) in [5.74, 6) is -1.21. The number of para-hydroxylation sites is 1. The molecule has 0 aliphatic carbocycles. The highest BCUT2D eigenvalue weighted by Crippen LogP contribution is 2.23. The molecule has 0 radical (unpaired) electrons. The Morgan fingerprint density at radius 3 is 2.48 bits per heavy atom. The van der Waals surface area contributed by atoms with Crippen molar-refractivity contribution in [2.75, 3.05) is 6.61 Å². The van der Waals surface area contributed by atoms with Crippen molar-refractivity contribution in [2.45, 2.75) is 20.8 Å². The monoisotopic (exact) mass is 286 g/mol. The molecule has 0 spiro atoms. The molecular weight excluding hydrogens is 268 g/mol. The topological polar surface area (TPSA) is 74.3 Å². The van der Waals surface area contributed by atoms with Gasteiger partial charge in [-0.25, -0.2) is 4.79 Å². The number of aryl methyl sites for hydroxylation is 2. The van der Waals surface area contributed by atoms with E-state index >= 15 is 0 Å². The molecule has 0 bridgehead atoms. The van der Waals surface area contributed by atoms with Gasteiger partial charge in [0, 0.05) is 17.1 Å². The van der Waals surface area contributed by atoms with E-state index in [1.54, 1.807) is 6.07 Å². The number of esters is 1. The molecule has 0 aliphatic heterocycles. The summed E-state index contributed by atoms with van der Waals surface area (Å²) in [5, 5.41) is 0. The van der Waals surface area contributed by atoms with Gasteiger partial charge >= 0.3 is 5.97 Å². The molecule has 1 heterocycles. The fraction of sp³-hybridized carbons (Fsp3) is 0.250. The number of aromatic nitrogens is 1. The number of hydrogen-bond donors (Lipinski definition) is 1. The molecule has 2 N–H and O–H groups in total. The van der Waals surface area contributed by atoms with Gasteiger partial charge in [0.1, 0.15) is 0 Å². The van der Waals surface area contributed by atoms with E-state index in [1.807, 2.05) is 49.6 Å². The molecule has 1 aromatic carbocycles. The zero-order valence-corrected chi connectivity index (χ0v) is 12.3. The van der Waals surface area contributed by atoms with Crippen LogP contribution in [-0.2, 0) is 9.53 Å². The Morgan fingerprint density at radius 1 is 1.19 bits per heavy atom. The Kier molecular flexibility index (Phi) is 4.12. The van der Waals surface area contributed by atoms with Crippen LogP contribution in [-0.4, -0.2) is 23.1 Å². The first-order chi connectivity index (χ1) is 9.91. The number of benzene rings is 1. The summed E-state index contributed by atoms with van der Waals surface area (Å²) < 4.78 is 6.87. The number of ether oxygens (including phenoxy) is 1. The van der Waals surface area contributed by atoms with Crippen molar-refractivity contribution in [1.82, 2.24) is 4.57 Å². The molecule has 0 atom stereocenters. The lowest BCUT2D eigenvalue weighted by atomic mass is 10.2. The fourth-order valence-corrected chi connectivity index (χ4v) is 2.37. The first-order valence-corrected chi connectivity index (χ1v) is 6.62. The van der Waals surface area contributed by atoms with Crippen LogP contribution < -0.4 is 5.73 Å². The third-order valence-corrected chi connectivity index (χ3v) is 3.35. The van der Waals surface area contributed by atoms with E-state index in [2.05, 4.69) is 0 Å². The van der Waals surface area contributed by atoms with E-state index in [0.29, 0.717) is 5.56 Å². The van der Waals surface area contributed by atoms with Crippen LogP contribution in [0.4, 0.5) is 0 Å². The molecule has 21 heavy (non-hydrogen) atoms. The van der Waals surface area contributed by atoms with Gasteiger partial charge in [-0.2, -0.15) is 0 Å². The number of rotatable bonds is 4. The predicted molar refractivity (Wildman–Crippen MR) is 79.5 cm³/mol. The van der Waals surface area contributed by atoms with Crippen molar-refractivity contribution < 1.29 is 14.3 Å². The van der Waals surface area contributed by atoms with Gasteiger partial charge in [-0.15, -0.1) is 0 Å². The third-order valence-electron chi connectivity index (χ3n) is 3.35. The van der Waals surface area contributed by atoms with Gasteiger partial charge in [-0.1, -0.05) is 18.2 Å². The number of nitrogens with zero attached hydrogens (tertiary/aromatic N) is 1. The molecule has 110 valence electrons. The summed E-state index contributed by atoms with van der Waals surface area (Å²) in [6.07, 6.45) is 0. The highest BCUT2D eigenvalue weighted by molar-refractivity contribution is 5.92. The highest BCUT2D eigenvalue weighted by Gasteiger charge is 2.18. The summed E-state index contributed by atoms with van der Waals surface area (Å²) in [6, 6.07) is 9.68. The SMILES string of the molecule is Cc1ccccc1-n1c(C)cc(C(=O)OCC(N)=O)c1C. The van der Waals surface area contributed by atoms with Gasteiger partial charge in [0.25, 0.3) is 5.91 Å². The number of primary amides is 1. The zero-order chi connectivity index (χ0) is 15.6. The van der Waals surface area contributed by atoms with Gasteiger partial charge in [-0.05, 0) is 38.5 Å². The van der Waals surface area contributed by atoms with Gasteiger partial charge in [0.05, 0.1) is 5.56 Å². The zero-order valence-electron chi connectivity index (χ0n) is 12.3. The van der Waals surface area contributed by atoms with Crippen LogP contribution >= 0.6 is 0 Å². The minimum atomic E-state index is -0.670. The molecule has 2 aromatic rings. The van der Waals surface area contributed by atoms with E-state index in [-0.39, 0.29) is 0 Å². The Hall–Kier alpha value is -2.56. The Morgan fingerprint density at radius 2 is 1.86 bits per heavy atom. The van der Waals surface area contributed by atoms with E-state index in [0.717, 1.165) is 22.6 Å². The Bertz CT molecular complexity index is 702. The van der Waals surface area contributed by atoms with E-state index in [4.69, 9.17) is 10.5 Å². The number of nitrogens with two attached hydrogens (primary N) is 1. The molecule has 0 saturated heterocycles. The summed E-state index contributed by atoms with van der Waals surface area (Å²) in [4.78, 5) is 22.7. The normalized spacial score (nSPS) is 10.4. The van der Waals surface area contributed by atoms with Crippen LogP contribution in [0.1, 0.15) is 27.3 Å². The largest absolute Gasteiger partial charge is 0.452 e. The minimum Gasteiger partial charge on any atom is -0.452 e. The quantitative estimate of drug-likeness (QED) is 0.874. The van der Waals surface area contributed by atoms with Crippen molar-refractivity contribution >= 4 is 11.9 Å². The van der Waals surface area contributed by atoms with Crippen LogP contribution in [0.3, 0.4) is 0 Å². The van der Waals surface area contributed by atoms with Crippen LogP contribution in [0.25, 0.3) is 5.69 Å². The summed E-state index contributed by atoms with van der Waals surface area (Å²) >= 11 is 0. The highest BCUT2D eigenvalue weighted by atomic mass is 16.5. The van der Waals surface area contributed by atoms with E-state index < -0.39 is 18.5 Å². The fourth-order valence-electron chi connectivity index (χ4n) is 2.37. The molecule has 0 saturated carbocycles. The number of carbonyl (C=O) groups excluding carboxylic acids is 2. The molecule has 1 aromatic heterocycles. The molecule has 2 rings (SSSR count). The van der Waals surface area contributed by atoms with Crippen LogP contribution in [0.2, 0.25) is 0 Å². The number of amides is 1. The maximum Gasteiger partial charge on any atom is 0.340 e. The van der Waals surface area contributed by atoms with Crippen molar-refractivity contribution in [3.8, 4) is 5.69 Å². The molecule has 0 fully saturated rings. The number of carbonyl (C=O) groups is 2. The first kappa shape index (κ1) is 14.8. The average molecular weight is 286 g/mol. The smallest absolute Gasteiger partial charge is 0.340 e. The number of hydrogen-bond acceptors (Lipinski definition) is 3. The average Bonchev–Trinajstić information content (AvgIpc) is 2.72. The lowest BCUT2D eigenvalue weighted by Crippen LogP contribution is -2.21. The van der Waals surface area contributed by atoms with Crippen molar-refractivity contribution in [3.05, 3.63) is 52.8 Å². The van der Waals surface area contributed by atoms with Crippen molar-refractivity contribution in [2.24, 2.45) is 5.73 Å². The Balaban J connectivity index is 2.41. The second-order valence-electron chi connectivity index (χ2n) is 4.95. The molecule has 0 unspecified atom stereocenters. The third kappa shape index (κ3) is 2.97. The molecule has 5 nitrogen and oxygen atoms in total. The van der Waals surface area contributed by atoms with Crippen LogP contribution in [0.15, 0.2) is 30.3 Å². The maximum atomic E-state index is 12.0. The van der Waals surface area contributed by atoms with Crippen LogP contribution in [0, 0.1) is 20.8 Å². The van der Waals surface area contributed by atoms with E-state index in [1.165, 1.54) is 0 Å². The molecular formula is C16H18N2O3. The molecule has 1 amide bonds. The summed E-state index contributed by atoms with van der Waals surface area (Å²) in [6.45, 7) is 5.37. The molecule has 5 heteroatoms. The lowest BCUT2D eigenvalue weighted by Gasteiger charge is -2.12. The molecule has 0 aliphatic rings. The second-order valence-corrected chi connectivity index (χ2v) is 4.95. The standard InChI is InChI=1S/C16H18N2O3/c1-10-6-4-5-7-14(10)18-11(2)8-13(12(18)3)16(20)21-9-15(17)19/h4-8H,9H2,1-3H3,(H2,17,19). The lowest BCUT2D eigenvalue weighted by molar-refractivity contribution is -0.121. The van der Waals surface area contributed by atoms with Crippen molar-refractivity contribution in [3.63, 3.8) is 0 Å². The Labute approximate surface area is 123 Å². The first-order valence-electron chi connectivity index (χ1n) is 6.62. The van der Waals surface area contributed by atoms with Gasteiger partial charge in [0.2, 0.25) is 0 Å². The second kappa shape index (κ2) is 5.83. The summed E-state index contributed by atoms with van der Waals surface area (Å²) in [7, 11) is 0. The predicted octanol–water partition coefficient (Wildman–Crippen LogP) is 2.04. The summed E-state index contributed by atoms with van der Waals surface area (Å²) in [5.41, 5.74) is 9.24. The maximum absolute atomic E-state index is 12.0. The van der Waals surface area contributed by atoms with Gasteiger partial charge < -0.3 is 15.0 Å². The van der Waals surface area contributed by atoms with Gasteiger partial charge in [0.15, 0.2) is 6.61 Å². The van der Waals surface area contributed by atoms with Crippen LogP contribution in [0.5, 0.6) is 0 Å². The van der Waals surface area contributed by atoms with Crippen molar-refractivity contribution in [1.29, 1.82) is 0 Å². The van der Waals surface area contributed by atoms with Gasteiger partial charge in [-0.3, -0.25) is 4.79 Å².